The fraction of sp³-hybridized carbons (Fsp3) is 0.267. The van der Waals surface area contributed by atoms with Crippen LogP contribution in [0.4, 0.5) is 0 Å². The summed E-state index contributed by atoms with van der Waals surface area (Å²) in [4.78, 5) is 0.780. The zero-order chi connectivity index (χ0) is 14.8. The van der Waals surface area contributed by atoms with Gasteiger partial charge in [-0.2, -0.15) is 5.10 Å². The molecule has 3 rings (SSSR count). The highest BCUT2D eigenvalue weighted by atomic mass is 32.1. The molecular weight excluding hydrogens is 284 g/mol. The second-order valence-corrected chi connectivity index (χ2v) is 5.87. The molecule has 1 aromatic carbocycles. The highest BCUT2D eigenvalue weighted by molar-refractivity contribution is 7.05. The minimum absolute atomic E-state index is 0.224. The number of hydrogen-bond acceptors (Lipinski definition) is 5. The Labute approximate surface area is 127 Å². The van der Waals surface area contributed by atoms with E-state index in [1.54, 1.807) is 10.9 Å². The first-order valence-corrected chi connectivity index (χ1v) is 7.55. The summed E-state index contributed by atoms with van der Waals surface area (Å²) in [7, 11) is 0. The molecule has 108 valence electrons. The van der Waals surface area contributed by atoms with Gasteiger partial charge in [-0.3, -0.25) is 0 Å². The van der Waals surface area contributed by atoms with Crippen molar-refractivity contribution in [2.75, 3.05) is 0 Å². The number of aliphatic hydroxyl groups excluding tert-OH is 1. The molecule has 21 heavy (non-hydrogen) atoms. The molecule has 0 amide bonds. The summed E-state index contributed by atoms with van der Waals surface area (Å²) in [6, 6.07) is 11.6. The number of rotatable bonds is 4. The number of benzene rings is 1. The Bertz CT molecular complexity index is 720. The molecule has 5 nitrogen and oxygen atoms in total. The van der Waals surface area contributed by atoms with E-state index in [4.69, 9.17) is 0 Å². The van der Waals surface area contributed by atoms with Crippen LogP contribution in [0.5, 0.6) is 0 Å². The molecule has 1 N–H and O–H groups in total. The minimum atomic E-state index is -0.773. The summed E-state index contributed by atoms with van der Waals surface area (Å²) in [6.45, 7) is 4.09. The molecule has 3 aromatic rings. The highest BCUT2D eigenvalue weighted by Crippen LogP contribution is 2.31. The van der Waals surface area contributed by atoms with E-state index in [0.29, 0.717) is 5.69 Å². The largest absolute Gasteiger partial charge is 0.381 e. The van der Waals surface area contributed by atoms with Gasteiger partial charge in [-0.1, -0.05) is 36.5 Å². The van der Waals surface area contributed by atoms with Crippen molar-refractivity contribution in [2.45, 2.75) is 25.9 Å². The Morgan fingerprint density at radius 1 is 1.14 bits per heavy atom. The lowest BCUT2D eigenvalue weighted by molar-refractivity contribution is 0.214. The van der Waals surface area contributed by atoms with E-state index in [-0.39, 0.29) is 5.92 Å². The molecule has 2 aromatic heterocycles. The molecule has 1 atom stereocenters. The zero-order valence-corrected chi connectivity index (χ0v) is 12.7. The second kappa shape index (κ2) is 5.75. The van der Waals surface area contributed by atoms with E-state index in [9.17, 15) is 5.11 Å². The minimum Gasteiger partial charge on any atom is -0.381 e. The first-order chi connectivity index (χ1) is 10.2. The number of aromatic nitrogens is 4. The summed E-state index contributed by atoms with van der Waals surface area (Å²) in [5.74, 6) is 0.224. The average Bonchev–Trinajstić information content (AvgIpc) is 3.16. The number of aliphatic hydroxyl groups is 1. The van der Waals surface area contributed by atoms with Gasteiger partial charge in [0.25, 0.3) is 0 Å². The summed E-state index contributed by atoms with van der Waals surface area (Å²) in [5.41, 5.74) is 2.47. The van der Waals surface area contributed by atoms with Gasteiger partial charge in [0.15, 0.2) is 0 Å². The van der Waals surface area contributed by atoms with Crippen LogP contribution in [0.15, 0.2) is 42.6 Å². The van der Waals surface area contributed by atoms with Gasteiger partial charge < -0.3 is 5.11 Å². The van der Waals surface area contributed by atoms with Crippen molar-refractivity contribution in [1.29, 1.82) is 0 Å². The van der Waals surface area contributed by atoms with Crippen LogP contribution in [0, 0.1) is 0 Å². The molecule has 0 aliphatic carbocycles. The van der Waals surface area contributed by atoms with Crippen molar-refractivity contribution in [3.8, 4) is 5.69 Å². The van der Waals surface area contributed by atoms with E-state index in [1.807, 2.05) is 50.2 Å². The van der Waals surface area contributed by atoms with Gasteiger partial charge in [0, 0.05) is 6.20 Å². The lowest BCUT2D eigenvalue weighted by atomic mass is 10.1. The third-order valence-electron chi connectivity index (χ3n) is 3.29. The Balaban J connectivity index is 2.02. The van der Waals surface area contributed by atoms with Gasteiger partial charge in [0.2, 0.25) is 0 Å². The maximum atomic E-state index is 10.7. The van der Waals surface area contributed by atoms with Crippen molar-refractivity contribution >= 4 is 11.5 Å². The SMILES string of the molecule is CC(C)c1nnsc1C(O)c1ccnn1-c1ccccc1. The number of hydrogen-bond donors (Lipinski definition) is 1. The fourth-order valence-corrected chi connectivity index (χ4v) is 3.04. The first kappa shape index (κ1) is 13.9. The summed E-state index contributed by atoms with van der Waals surface area (Å²) >= 11 is 1.24. The third-order valence-corrected chi connectivity index (χ3v) is 4.08. The smallest absolute Gasteiger partial charge is 0.134 e. The van der Waals surface area contributed by atoms with Crippen LogP contribution in [0.1, 0.15) is 42.1 Å². The van der Waals surface area contributed by atoms with Crippen molar-refractivity contribution in [3.63, 3.8) is 0 Å². The van der Waals surface area contributed by atoms with E-state index in [0.717, 1.165) is 16.3 Å². The first-order valence-electron chi connectivity index (χ1n) is 6.78. The van der Waals surface area contributed by atoms with Crippen molar-refractivity contribution < 1.29 is 5.11 Å². The lowest BCUT2D eigenvalue weighted by Gasteiger charge is -2.13. The molecule has 0 aliphatic heterocycles. The lowest BCUT2D eigenvalue weighted by Crippen LogP contribution is -2.09. The van der Waals surface area contributed by atoms with Crippen molar-refractivity contribution in [1.82, 2.24) is 19.4 Å². The van der Waals surface area contributed by atoms with Gasteiger partial charge in [0.1, 0.15) is 6.10 Å². The monoisotopic (exact) mass is 300 g/mol. The zero-order valence-electron chi connectivity index (χ0n) is 11.8. The molecule has 0 saturated carbocycles. The maximum Gasteiger partial charge on any atom is 0.134 e. The standard InChI is InChI=1S/C15H16N4OS/c1-10(2)13-15(21-18-17-13)14(20)12-8-9-16-19(12)11-6-4-3-5-7-11/h3-10,14,20H,1-2H3. The molecule has 0 fully saturated rings. The topological polar surface area (TPSA) is 63.8 Å². The van der Waals surface area contributed by atoms with E-state index in [2.05, 4.69) is 14.7 Å². The quantitative estimate of drug-likeness (QED) is 0.804. The summed E-state index contributed by atoms with van der Waals surface area (Å²) in [6.07, 6.45) is 0.916. The Morgan fingerprint density at radius 3 is 2.62 bits per heavy atom. The van der Waals surface area contributed by atoms with Gasteiger partial charge in [-0.25, -0.2) is 4.68 Å². The van der Waals surface area contributed by atoms with Gasteiger partial charge >= 0.3 is 0 Å². The molecule has 2 heterocycles. The molecule has 0 bridgehead atoms. The molecule has 6 heteroatoms. The van der Waals surface area contributed by atoms with E-state index < -0.39 is 6.10 Å². The Morgan fingerprint density at radius 2 is 1.90 bits per heavy atom. The Hall–Kier alpha value is -2.05. The molecule has 0 aliphatic rings. The van der Waals surface area contributed by atoms with Crippen LogP contribution in [-0.4, -0.2) is 24.5 Å². The average molecular weight is 300 g/mol. The van der Waals surface area contributed by atoms with Crippen LogP contribution >= 0.6 is 11.5 Å². The maximum absolute atomic E-state index is 10.7. The fourth-order valence-electron chi connectivity index (χ4n) is 2.23. The normalized spacial score (nSPS) is 12.8. The number of para-hydroxylation sites is 1. The van der Waals surface area contributed by atoms with Crippen LogP contribution in [0.2, 0.25) is 0 Å². The predicted octanol–water partition coefficient (Wildman–Crippen LogP) is 2.93. The summed E-state index contributed by atoms with van der Waals surface area (Å²) < 4.78 is 5.72. The van der Waals surface area contributed by atoms with Gasteiger partial charge in [0.05, 0.1) is 22.0 Å². The molecular formula is C15H16N4OS. The number of nitrogens with zero attached hydrogens (tertiary/aromatic N) is 4. The molecule has 0 spiro atoms. The van der Waals surface area contributed by atoms with Crippen LogP contribution in [-0.2, 0) is 0 Å². The molecule has 0 saturated heterocycles. The van der Waals surface area contributed by atoms with E-state index >= 15 is 0 Å². The van der Waals surface area contributed by atoms with Gasteiger partial charge in [-0.05, 0) is 35.6 Å². The van der Waals surface area contributed by atoms with E-state index in [1.165, 1.54) is 11.5 Å². The van der Waals surface area contributed by atoms with Crippen molar-refractivity contribution in [2.24, 2.45) is 0 Å². The van der Waals surface area contributed by atoms with Gasteiger partial charge in [-0.15, -0.1) is 5.10 Å². The van der Waals surface area contributed by atoms with Crippen molar-refractivity contribution in [3.05, 3.63) is 58.9 Å². The molecule has 0 radical (unpaired) electrons. The van der Waals surface area contributed by atoms with Crippen LogP contribution in [0.3, 0.4) is 0 Å². The summed E-state index contributed by atoms with van der Waals surface area (Å²) in [5, 5.41) is 19.2. The van der Waals surface area contributed by atoms with Crippen LogP contribution < -0.4 is 0 Å². The third kappa shape index (κ3) is 2.59. The predicted molar refractivity (Wildman–Crippen MR) is 81.6 cm³/mol. The Kier molecular flexibility index (Phi) is 3.81. The molecule has 1 unspecified atom stereocenters. The highest BCUT2D eigenvalue weighted by Gasteiger charge is 2.23. The second-order valence-electron chi connectivity index (χ2n) is 5.08. The van der Waals surface area contributed by atoms with Crippen LogP contribution in [0.25, 0.3) is 5.69 Å².